The van der Waals surface area contributed by atoms with Gasteiger partial charge in [-0.05, 0) is 12.1 Å². The highest BCUT2D eigenvalue weighted by atomic mass is 32.1. The number of hydrogen-bond acceptors (Lipinski definition) is 6. The smallest absolute Gasteiger partial charge is 0.337 e. The molecule has 1 N–H and O–H groups in total. The molecule has 0 atom stereocenters. The summed E-state index contributed by atoms with van der Waals surface area (Å²) in [4.78, 5) is 23.8. The molecule has 1 fully saturated rings. The first-order chi connectivity index (χ1) is 9.74. The third-order valence-electron chi connectivity index (χ3n) is 3.29. The van der Waals surface area contributed by atoms with Gasteiger partial charge in [-0.15, -0.1) is 11.3 Å². The van der Waals surface area contributed by atoms with E-state index < -0.39 is 5.97 Å². The SMILES string of the molecule is O=C(O)c1ccc(N2CCN(c3nccs3)CC2)nc1. The van der Waals surface area contributed by atoms with E-state index in [-0.39, 0.29) is 5.56 Å². The van der Waals surface area contributed by atoms with E-state index in [0.29, 0.717) is 0 Å². The van der Waals surface area contributed by atoms with E-state index in [4.69, 9.17) is 5.11 Å². The second kappa shape index (κ2) is 5.46. The van der Waals surface area contributed by atoms with Gasteiger partial charge in [0.05, 0.1) is 5.56 Å². The summed E-state index contributed by atoms with van der Waals surface area (Å²) < 4.78 is 0. The van der Waals surface area contributed by atoms with Gasteiger partial charge in [-0.1, -0.05) is 0 Å². The molecule has 3 rings (SSSR count). The van der Waals surface area contributed by atoms with E-state index >= 15 is 0 Å². The zero-order chi connectivity index (χ0) is 13.9. The normalized spacial score (nSPS) is 15.4. The van der Waals surface area contributed by atoms with E-state index in [0.717, 1.165) is 37.1 Å². The lowest BCUT2D eigenvalue weighted by atomic mass is 10.2. The van der Waals surface area contributed by atoms with Gasteiger partial charge in [-0.25, -0.2) is 14.8 Å². The Labute approximate surface area is 120 Å². The van der Waals surface area contributed by atoms with Gasteiger partial charge in [-0.2, -0.15) is 0 Å². The number of carboxylic acids is 1. The van der Waals surface area contributed by atoms with Crippen LogP contribution in [0, 0.1) is 0 Å². The third-order valence-corrected chi connectivity index (χ3v) is 4.12. The van der Waals surface area contributed by atoms with Crippen LogP contribution >= 0.6 is 11.3 Å². The van der Waals surface area contributed by atoms with Crippen LogP contribution in [-0.4, -0.2) is 47.2 Å². The second-order valence-corrected chi connectivity index (χ2v) is 5.37. The van der Waals surface area contributed by atoms with E-state index in [1.165, 1.54) is 6.20 Å². The maximum atomic E-state index is 10.8. The van der Waals surface area contributed by atoms with Crippen molar-refractivity contribution in [2.75, 3.05) is 36.0 Å². The Morgan fingerprint density at radius 2 is 1.90 bits per heavy atom. The van der Waals surface area contributed by atoms with Gasteiger partial charge in [0.15, 0.2) is 5.13 Å². The number of aromatic nitrogens is 2. The quantitative estimate of drug-likeness (QED) is 0.925. The number of carboxylic acid groups (broad SMARTS) is 1. The highest BCUT2D eigenvalue weighted by Gasteiger charge is 2.19. The minimum absolute atomic E-state index is 0.218. The zero-order valence-corrected chi connectivity index (χ0v) is 11.6. The van der Waals surface area contributed by atoms with Crippen molar-refractivity contribution in [3.05, 3.63) is 35.5 Å². The summed E-state index contributed by atoms with van der Waals surface area (Å²) in [7, 11) is 0. The molecule has 0 aliphatic carbocycles. The number of thiazole rings is 1. The fourth-order valence-corrected chi connectivity index (χ4v) is 2.90. The Bertz CT molecular complexity index is 577. The fraction of sp³-hybridized carbons (Fsp3) is 0.308. The average molecular weight is 290 g/mol. The lowest BCUT2D eigenvalue weighted by Crippen LogP contribution is -2.46. The predicted octanol–water partition coefficient (Wildman–Crippen LogP) is 1.56. The monoisotopic (exact) mass is 290 g/mol. The molecule has 0 bridgehead atoms. The minimum Gasteiger partial charge on any atom is -0.478 e. The summed E-state index contributed by atoms with van der Waals surface area (Å²) in [6, 6.07) is 3.36. The van der Waals surface area contributed by atoms with Gasteiger partial charge >= 0.3 is 5.97 Å². The highest BCUT2D eigenvalue weighted by Crippen LogP contribution is 2.21. The van der Waals surface area contributed by atoms with E-state index in [9.17, 15) is 4.79 Å². The summed E-state index contributed by atoms with van der Waals surface area (Å²) in [6.07, 6.45) is 3.23. The van der Waals surface area contributed by atoms with Crippen molar-refractivity contribution < 1.29 is 9.90 Å². The van der Waals surface area contributed by atoms with Crippen LogP contribution in [0.15, 0.2) is 29.9 Å². The van der Waals surface area contributed by atoms with Crippen molar-refractivity contribution >= 4 is 28.3 Å². The van der Waals surface area contributed by atoms with Crippen LogP contribution in [0.2, 0.25) is 0 Å². The number of carbonyl (C=O) groups is 1. The summed E-state index contributed by atoms with van der Waals surface area (Å²) in [5.74, 6) is -0.119. The molecule has 7 heteroatoms. The number of aromatic carboxylic acids is 1. The first-order valence-corrected chi connectivity index (χ1v) is 7.21. The molecule has 0 spiro atoms. The molecular formula is C13H14N4O2S. The molecule has 3 heterocycles. The van der Waals surface area contributed by atoms with Crippen LogP contribution in [0.25, 0.3) is 0 Å². The van der Waals surface area contributed by atoms with Gasteiger partial charge < -0.3 is 14.9 Å². The molecule has 1 saturated heterocycles. The number of rotatable bonds is 3. The van der Waals surface area contributed by atoms with Gasteiger partial charge in [0, 0.05) is 44.0 Å². The Morgan fingerprint density at radius 3 is 2.45 bits per heavy atom. The molecule has 2 aromatic rings. The number of hydrogen-bond donors (Lipinski definition) is 1. The summed E-state index contributed by atoms with van der Waals surface area (Å²) in [6.45, 7) is 3.52. The van der Waals surface area contributed by atoms with Crippen molar-refractivity contribution in [3.63, 3.8) is 0 Å². The minimum atomic E-state index is -0.947. The predicted molar refractivity (Wildman–Crippen MR) is 77.7 cm³/mol. The Balaban J connectivity index is 1.64. The molecule has 104 valence electrons. The van der Waals surface area contributed by atoms with E-state index in [2.05, 4.69) is 19.8 Å². The lowest BCUT2D eigenvalue weighted by molar-refractivity contribution is 0.0696. The fourth-order valence-electron chi connectivity index (χ4n) is 2.20. The maximum absolute atomic E-state index is 10.8. The summed E-state index contributed by atoms with van der Waals surface area (Å²) in [5, 5.41) is 11.9. The Morgan fingerprint density at radius 1 is 1.15 bits per heavy atom. The van der Waals surface area contributed by atoms with Crippen LogP contribution in [0.3, 0.4) is 0 Å². The van der Waals surface area contributed by atoms with Crippen molar-refractivity contribution in [1.82, 2.24) is 9.97 Å². The van der Waals surface area contributed by atoms with Crippen molar-refractivity contribution in [3.8, 4) is 0 Å². The Kier molecular flexibility index (Phi) is 3.51. The van der Waals surface area contributed by atoms with Gasteiger partial charge in [0.1, 0.15) is 5.82 Å². The van der Waals surface area contributed by atoms with Crippen molar-refractivity contribution in [2.24, 2.45) is 0 Å². The topological polar surface area (TPSA) is 69.6 Å². The summed E-state index contributed by atoms with van der Waals surface area (Å²) >= 11 is 1.65. The third kappa shape index (κ3) is 2.57. The molecule has 6 nitrogen and oxygen atoms in total. The first-order valence-electron chi connectivity index (χ1n) is 6.33. The molecule has 0 radical (unpaired) electrons. The molecule has 1 aliphatic heterocycles. The second-order valence-electron chi connectivity index (χ2n) is 4.50. The molecule has 2 aromatic heterocycles. The van der Waals surface area contributed by atoms with Gasteiger partial charge in [-0.3, -0.25) is 0 Å². The van der Waals surface area contributed by atoms with Gasteiger partial charge in [0.2, 0.25) is 0 Å². The van der Waals surface area contributed by atoms with Crippen LogP contribution < -0.4 is 9.80 Å². The molecule has 0 saturated carbocycles. The Hall–Kier alpha value is -2.15. The van der Waals surface area contributed by atoms with Crippen molar-refractivity contribution in [1.29, 1.82) is 0 Å². The average Bonchev–Trinajstić information content (AvgIpc) is 3.02. The first kappa shape index (κ1) is 12.9. The lowest BCUT2D eigenvalue weighted by Gasteiger charge is -2.35. The molecule has 20 heavy (non-hydrogen) atoms. The number of pyridine rings is 1. The van der Waals surface area contributed by atoms with Crippen LogP contribution in [0.5, 0.6) is 0 Å². The van der Waals surface area contributed by atoms with Crippen molar-refractivity contribution in [2.45, 2.75) is 0 Å². The number of anilines is 2. The van der Waals surface area contributed by atoms with E-state index in [1.54, 1.807) is 23.5 Å². The maximum Gasteiger partial charge on any atom is 0.337 e. The molecule has 1 aliphatic rings. The standard InChI is InChI=1S/C13H14N4O2S/c18-12(19)10-1-2-11(15-9-10)16-4-6-17(7-5-16)13-14-3-8-20-13/h1-3,8-9H,4-7H2,(H,18,19). The number of piperazine rings is 1. The molecule has 0 aromatic carbocycles. The number of nitrogens with zero attached hydrogens (tertiary/aromatic N) is 4. The van der Waals surface area contributed by atoms with E-state index in [1.807, 2.05) is 11.6 Å². The van der Waals surface area contributed by atoms with Crippen LogP contribution in [-0.2, 0) is 0 Å². The van der Waals surface area contributed by atoms with Crippen LogP contribution in [0.4, 0.5) is 10.9 Å². The van der Waals surface area contributed by atoms with Crippen LogP contribution in [0.1, 0.15) is 10.4 Å². The van der Waals surface area contributed by atoms with Gasteiger partial charge in [0.25, 0.3) is 0 Å². The molecular weight excluding hydrogens is 276 g/mol. The molecule has 0 amide bonds. The molecule has 0 unspecified atom stereocenters. The zero-order valence-electron chi connectivity index (χ0n) is 10.8. The summed E-state index contributed by atoms with van der Waals surface area (Å²) in [5.41, 5.74) is 0.218. The highest BCUT2D eigenvalue weighted by molar-refractivity contribution is 7.13. The largest absolute Gasteiger partial charge is 0.478 e.